The smallest absolute Gasteiger partial charge is 0.306 e. The van der Waals surface area contributed by atoms with E-state index in [0.29, 0.717) is 25.7 Å². The molecule has 0 saturated heterocycles. The van der Waals surface area contributed by atoms with Gasteiger partial charge in [0.25, 0.3) is 0 Å². The first-order valence-corrected chi connectivity index (χ1v) is 9.44. The Labute approximate surface area is 147 Å². The Hall–Kier alpha value is -1.10. The molecule has 0 rings (SSSR count). The second kappa shape index (κ2) is 16.7. The van der Waals surface area contributed by atoms with Crippen LogP contribution in [0.1, 0.15) is 78.1 Å². The van der Waals surface area contributed by atoms with E-state index in [1.165, 1.54) is 12.8 Å². The molecule has 0 aliphatic carbocycles. The first kappa shape index (κ1) is 22.9. The molecule has 142 valence electrons. The van der Waals surface area contributed by atoms with Gasteiger partial charge in [0.05, 0.1) is 26.1 Å². The average molecular weight is 344 g/mol. The van der Waals surface area contributed by atoms with Gasteiger partial charge in [-0.3, -0.25) is 9.59 Å². The molecule has 0 aliphatic rings. The zero-order chi connectivity index (χ0) is 18.0. The molecule has 0 saturated carbocycles. The van der Waals surface area contributed by atoms with Crippen molar-refractivity contribution in [2.75, 3.05) is 26.9 Å². The highest BCUT2D eigenvalue weighted by atomic mass is 16.5. The van der Waals surface area contributed by atoms with Crippen LogP contribution in [-0.2, 0) is 23.8 Å². The minimum absolute atomic E-state index is 0.0958. The molecule has 1 unspecified atom stereocenters. The molecule has 0 amide bonds. The number of rotatable bonds is 16. The summed E-state index contributed by atoms with van der Waals surface area (Å²) in [6.45, 7) is 5.81. The fourth-order valence-corrected chi connectivity index (χ4v) is 2.38. The van der Waals surface area contributed by atoms with Gasteiger partial charge >= 0.3 is 11.9 Å². The number of carbonyl (C=O) groups excluding carboxylic acids is 2. The third-order valence-corrected chi connectivity index (χ3v) is 3.97. The maximum atomic E-state index is 11.8. The zero-order valence-corrected chi connectivity index (χ0v) is 15.8. The first-order valence-electron chi connectivity index (χ1n) is 9.44. The topological polar surface area (TPSA) is 61.8 Å². The van der Waals surface area contributed by atoms with Gasteiger partial charge in [-0.25, -0.2) is 0 Å². The first-order chi connectivity index (χ1) is 11.6. The molecule has 0 aromatic heterocycles. The summed E-state index contributed by atoms with van der Waals surface area (Å²) in [5.41, 5.74) is 0. The number of esters is 2. The van der Waals surface area contributed by atoms with Crippen molar-refractivity contribution in [3.05, 3.63) is 0 Å². The van der Waals surface area contributed by atoms with Crippen LogP contribution in [0.4, 0.5) is 0 Å². The third kappa shape index (κ3) is 14.5. The van der Waals surface area contributed by atoms with Crippen LogP contribution in [0.25, 0.3) is 0 Å². The van der Waals surface area contributed by atoms with Crippen LogP contribution in [-0.4, -0.2) is 38.9 Å². The highest BCUT2D eigenvalue weighted by Crippen LogP contribution is 2.15. The standard InChI is InChI=1S/C19H36O5/c1-4-6-8-10-17(13-15-22-3)16-24-19(21)12-11-18(20)23-14-9-7-5-2/h17H,4-16H2,1-3H3. The van der Waals surface area contributed by atoms with Crippen LogP contribution in [0, 0.1) is 5.92 Å². The molecule has 0 aromatic carbocycles. The van der Waals surface area contributed by atoms with Crippen LogP contribution in [0.3, 0.4) is 0 Å². The maximum Gasteiger partial charge on any atom is 0.306 e. The summed E-state index contributed by atoms with van der Waals surface area (Å²) in [6.07, 6.45) is 8.68. The molecular weight excluding hydrogens is 308 g/mol. The lowest BCUT2D eigenvalue weighted by Crippen LogP contribution is -2.17. The summed E-state index contributed by atoms with van der Waals surface area (Å²) >= 11 is 0. The Balaban J connectivity index is 3.86. The number of carbonyl (C=O) groups is 2. The Kier molecular flexibility index (Phi) is 16.0. The Morgan fingerprint density at radius 1 is 0.792 bits per heavy atom. The van der Waals surface area contributed by atoms with Gasteiger partial charge in [-0.15, -0.1) is 0 Å². The number of hydrogen-bond donors (Lipinski definition) is 0. The van der Waals surface area contributed by atoms with E-state index in [1.807, 2.05) is 0 Å². The molecule has 0 heterocycles. The fourth-order valence-electron chi connectivity index (χ4n) is 2.38. The predicted octanol–water partition coefficient (Wildman–Crippen LogP) is 4.28. The van der Waals surface area contributed by atoms with E-state index in [2.05, 4.69) is 13.8 Å². The maximum absolute atomic E-state index is 11.8. The molecule has 0 aromatic rings. The lowest BCUT2D eigenvalue weighted by molar-refractivity contribution is -0.151. The van der Waals surface area contributed by atoms with E-state index in [9.17, 15) is 9.59 Å². The van der Waals surface area contributed by atoms with Crippen LogP contribution in [0.5, 0.6) is 0 Å². The van der Waals surface area contributed by atoms with E-state index in [4.69, 9.17) is 14.2 Å². The molecule has 24 heavy (non-hydrogen) atoms. The summed E-state index contributed by atoms with van der Waals surface area (Å²) in [5.74, 6) is -0.304. The normalized spacial score (nSPS) is 12.0. The summed E-state index contributed by atoms with van der Waals surface area (Å²) in [4.78, 5) is 23.3. The van der Waals surface area contributed by atoms with Crippen molar-refractivity contribution in [3.63, 3.8) is 0 Å². The van der Waals surface area contributed by atoms with Crippen LogP contribution >= 0.6 is 0 Å². The third-order valence-electron chi connectivity index (χ3n) is 3.97. The van der Waals surface area contributed by atoms with E-state index >= 15 is 0 Å². The average Bonchev–Trinajstić information content (AvgIpc) is 2.58. The van der Waals surface area contributed by atoms with Crippen molar-refractivity contribution in [1.29, 1.82) is 0 Å². The van der Waals surface area contributed by atoms with Gasteiger partial charge in [0.15, 0.2) is 0 Å². The van der Waals surface area contributed by atoms with Crippen molar-refractivity contribution in [1.82, 2.24) is 0 Å². The summed E-state index contributed by atoms with van der Waals surface area (Å²) in [5, 5.41) is 0. The van der Waals surface area contributed by atoms with Gasteiger partial charge in [0.1, 0.15) is 0 Å². The molecule has 0 fully saturated rings. The molecule has 0 radical (unpaired) electrons. The molecule has 0 N–H and O–H groups in total. The Bertz CT molecular complexity index is 317. The van der Waals surface area contributed by atoms with E-state index in [-0.39, 0.29) is 24.8 Å². The van der Waals surface area contributed by atoms with Gasteiger partial charge in [-0.05, 0) is 25.2 Å². The number of ether oxygens (including phenoxy) is 3. The van der Waals surface area contributed by atoms with Gasteiger partial charge < -0.3 is 14.2 Å². The quantitative estimate of drug-likeness (QED) is 0.309. The molecule has 5 nitrogen and oxygen atoms in total. The van der Waals surface area contributed by atoms with Gasteiger partial charge in [-0.1, -0.05) is 46.0 Å². The second-order valence-corrected chi connectivity index (χ2v) is 6.25. The van der Waals surface area contributed by atoms with Crippen molar-refractivity contribution >= 4 is 11.9 Å². The molecule has 0 spiro atoms. The minimum Gasteiger partial charge on any atom is -0.466 e. The molecule has 0 bridgehead atoms. The van der Waals surface area contributed by atoms with Crippen molar-refractivity contribution < 1.29 is 23.8 Å². The number of hydrogen-bond acceptors (Lipinski definition) is 5. The summed E-state index contributed by atoms with van der Waals surface area (Å²) in [7, 11) is 1.68. The molecule has 5 heteroatoms. The van der Waals surface area contributed by atoms with Crippen LogP contribution in [0.2, 0.25) is 0 Å². The van der Waals surface area contributed by atoms with Gasteiger partial charge in [0, 0.05) is 13.7 Å². The second-order valence-electron chi connectivity index (χ2n) is 6.25. The monoisotopic (exact) mass is 344 g/mol. The van der Waals surface area contributed by atoms with Crippen molar-refractivity contribution in [2.45, 2.75) is 78.1 Å². The van der Waals surface area contributed by atoms with E-state index < -0.39 is 0 Å². The Morgan fingerprint density at radius 3 is 2.04 bits per heavy atom. The summed E-state index contributed by atoms with van der Waals surface area (Å²) < 4.78 is 15.5. The van der Waals surface area contributed by atoms with Gasteiger partial charge in [-0.2, -0.15) is 0 Å². The number of methoxy groups -OCH3 is 1. The van der Waals surface area contributed by atoms with Crippen molar-refractivity contribution in [3.8, 4) is 0 Å². The van der Waals surface area contributed by atoms with Crippen LogP contribution in [0.15, 0.2) is 0 Å². The summed E-state index contributed by atoms with van der Waals surface area (Å²) in [6, 6.07) is 0. The van der Waals surface area contributed by atoms with Crippen molar-refractivity contribution in [2.24, 2.45) is 5.92 Å². The van der Waals surface area contributed by atoms with Crippen LogP contribution < -0.4 is 0 Å². The highest BCUT2D eigenvalue weighted by Gasteiger charge is 2.13. The lowest BCUT2D eigenvalue weighted by atomic mass is 9.99. The van der Waals surface area contributed by atoms with Gasteiger partial charge in [0.2, 0.25) is 0 Å². The SMILES string of the molecule is CCCCCOC(=O)CCC(=O)OCC(CCCCC)CCOC. The Morgan fingerprint density at radius 2 is 1.42 bits per heavy atom. The molecular formula is C19H36O5. The molecule has 1 atom stereocenters. The zero-order valence-electron chi connectivity index (χ0n) is 15.8. The fraction of sp³-hybridized carbons (Fsp3) is 0.895. The number of unbranched alkanes of at least 4 members (excludes halogenated alkanes) is 4. The predicted molar refractivity (Wildman–Crippen MR) is 94.8 cm³/mol. The minimum atomic E-state index is -0.321. The highest BCUT2D eigenvalue weighted by molar-refractivity contribution is 5.77. The molecule has 0 aliphatic heterocycles. The van der Waals surface area contributed by atoms with E-state index in [0.717, 1.165) is 38.5 Å². The van der Waals surface area contributed by atoms with E-state index in [1.54, 1.807) is 7.11 Å². The largest absolute Gasteiger partial charge is 0.466 e. The lowest BCUT2D eigenvalue weighted by Gasteiger charge is -2.16.